The van der Waals surface area contributed by atoms with Crippen LogP contribution in [0.15, 0.2) is 53.9 Å². The number of anilines is 3. The number of nitrogens with zero attached hydrogens (tertiary/aromatic N) is 1. The summed E-state index contributed by atoms with van der Waals surface area (Å²) in [5, 5.41) is 8.75. The van der Waals surface area contributed by atoms with E-state index in [0.717, 1.165) is 18.5 Å². The number of carbonyl (C=O) groups excluding carboxylic acids is 2. The Bertz CT molecular complexity index is 989. The Kier molecular flexibility index (Phi) is 7.21. The summed E-state index contributed by atoms with van der Waals surface area (Å²) < 4.78 is 5.17. The molecular formula is C21H20ClN3O3S. The normalized spacial score (nSPS) is 10.4. The van der Waals surface area contributed by atoms with Crippen molar-refractivity contribution in [3.05, 3.63) is 70.2 Å². The molecule has 0 atom stereocenters. The van der Waals surface area contributed by atoms with Crippen molar-refractivity contribution in [2.45, 2.75) is 19.8 Å². The quantitative estimate of drug-likeness (QED) is 0.352. The molecule has 0 aliphatic heterocycles. The van der Waals surface area contributed by atoms with Gasteiger partial charge in [-0.25, -0.2) is 9.78 Å². The standard InChI is InChI=1S/C21H20ClN3O3S/c1-2-3-11-28-20(27)14-7-9-16(10-8-14)23-19(26)18-13-29-21(25-18)24-17-6-4-5-15(22)12-17/h4-10,12-13H,2-3,11H2,1H3,(H,23,26)(H,24,25). The maximum Gasteiger partial charge on any atom is 0.338 e. The largest absolute Gasteiger partial charge is 0.462 e. The van der Waals surface area contributed by atoms with Crippen LogP contribution in [0.1, 0.15) is 40.6 Å². The van der Waals surface area contributed by atoms with Crippen LogP contribution in [-0.4, -0.2) is 23.5 Å². The summed E-state index contributed by atoms with van der Waals surface area (Å²) in [5.74, 6) is -0.703. The Balaban J connectivity index is 1.57. The van der Waals surface area contributed by atoms with Gasteiger partial charge in [0, 0.05) is 21.8 Å². The predicted molar refractivity (Wildman–Crippen MR) is 116 cm³/mol. The number of halogens is 1. The van der Waals surface area contributed by atoms with Crippen LogP contribution in [0.25, 0.3) is 0 Å². The fourth-order valence-electron chi connectivity index (χ4n) is 2.40. The third-order valence-electron chi connectivity index (χ3n) is 3.92. The molecule has 0 bridgehead atoms. The first kappa shape index (κ1) is 20.8. The van der Waals surface area contributed by atoms with Crippen molar-refractivity contribution >= 4 is 51.3 Å². The minimum absolute atomic E-state index is 0.294. The van der Waals surface area contributed by atoms with Crippen LogP contribution in [0.4, 0.5) is 16.5 Å². The van der Waals surface area contributed by atoms with Gasteiger partial charge in [-0.3, -0.25) is 4.79 Å². The number of amides is 1. The van der Waals surface area contributed by atoms with E-state index in [4.69, 9.17) is 16.3 Å². The van der Waals surface area contributed by atoms with E-state index in [1.54, 1.807) is 41.8 Å². The molecule has 150 valence electrons. The third kappa shape index (κ3) is 6.04. The Morgan fingerprint density at radius 2 is 1.93 bits per heavy atom. The lowest BCUT2D eigenvalue weighted by Gasteiger charge is -2.06. The van der Waals surface area contributed by atoms with Crippen LogP contribution in [0.3, 0.4) is 0 Å². The number of thiazole rings is 1. The maximum atomic E-state index is 12.4. The van der Waals surface area contributed by atoms with Gasteiger partial charge in [0.2, 0.25) is 0 Å². The second kappa shape index (κ2) is 10.0. The highest BCUT2D eigenvalue weighted by atomic mass is 35.5. The van der Waals surface area contributed by atoms with Crippen molar-refractivity contribution in [2.24, 2.45) is 0 Å². The van der Waals surface area contributed by atoms with Crippen LogP contribution in [0.5, 0.6) is 0 Å². The average molecular weight is 430 g/mol. The lowest BCUT2D eigenvalue weighted by atomic mass is 10.2. The molecular weight excluding hydrogens is 410 g/mol. The number of esters is 1. The summed E-state index contributed by atoms with van der Waals surface area (Å²) in [5.41, 5.74) is 2.10. The summed E-state index contributed by atoms with van der Waals surface area (Å²) in [6.45, 7) is 2.44. The zero-order chi connectivity index (χ0) is 20.6. The van der Waals surface area contributed by atoms with E-state index >= 15 is 0 Å². The molecule has 0 unspecified atom stereocenters. The molecule has 8 heteroatoms. The number of aromatic nitrogens is 1. The number of hydrogen-bond acceptors (Lipinski definition) is 6. The van der Waals surface area contributed by atoms with Crippen molar-refractivity contribution in [1.82, 2.24) is 4.98 Å². The fraction of sp³-hybridized carbons (Fsp3) is 0.190. The molecule has 29 heavy (non-hydrogen) atoms. The highest BCUT2D eigenvalue weighted by molar-refractivity contribution is 7.14. The van der Waals surface area contributed by atoms with E-state index in [2.05, 4.69) is 15.6 Å². The predicted octanol–water partition coefficient (Wildman–Crippen LogP) is 5.75. The molecule has 2 aromatic carbocycles. The number of benzene rings is 2. The van der Waals surface area contributed by atoms with Crippen molar-refractivity contribution in [3.63, 3.8) is 0 Å². The number of nitrogens with one attached hydrogen (secondary N) is 2. The Hall–Kier alpha value is -2.90. The van der Waals surface area contributed by atoms with Crippen LogP contribution < -0.4 is 10.6 Å². The number of rotatable bonds is 8. The van der Waals surface area contributed by atoms with E-state index in [1.807, 2.05) is 19.1 Å². The first-order valence-electron chi connectivity index (χ1n) is 9.12. The minimum atomic E-state index is -0.368. The Labute approximate surface area is 177 Å². The molecule has 0 radical (unpaired) electrons. The molecule has 0 saturated heterocycles. The van der Waals surface area contributed by atoms with Crippen LogP contribution in [0, 0.1) is 0 Å². The van der Waals surface area contributed by atoms with Gasteiger partial charge >= 0.3 is 5.97 Å². The Morgan fingerprint density at radius 1 is 1.14 bits per heavy atom. The van der Waals surface area contributed by atoms with E-state index < -0.39 is 0 Å². The van der Waals surface area contributed by atoms with E-state index in [1.165, 1.54) is 11.3 Å². The molecule has 3 rings (SSSR count). The Morgan fingerprint density at radius 3 is 2.66 bits per heavy atom. The average Bonchev–Trinajstić information content (AvgIpc) is 3.17. The lowest BCUT2D eigenvalue weighted by molar-refractivity contribution is 0.0499. The van der Waals surface area contributed by atoms with Crippen molar-refractivity contribution in [1.29, 1.82) is 0 Å². The number of hydrogen-bond donors (Lipinski definition) is 2. The highest BCUT2D eigenvalue weighted by Gasteiger charge is 2.12. The smallest absolute Gasteiger partial charge is 0.338 e. The van der Waals surface area contributed by atoms with E-state index in [9.17, 15) is 9.59 Å². The van der Waals surface area contributed by atoms with Crippen molar-refractivity contribution in [2.75, 3.05) is 17.2 Å². The molecule has 0 spiro atoms. The van der Waals surface area contributed by atoms with Crippen molar-refractivity contribution in [3.8, 4) is 0 Å². The second-order valence-corrected chi connectivity index (χ2v) is 7.49. The third-order valence-corrected chi connectivity index (χ3v) is 4.92. The molecule has 6 nitrogen and oxygen atoms in total. The topological polar surface area (TPSA) is 80.3 Å². The fourth-order valence-corrected chi connectivity index (χ4v) is 3.30. The van der Waals surface area contributed by atoms with Gasteiger partial charge in [0.15, 0.2) is 5.13 Å². The van der Waals surface area contributed by atoms with Gasteiger partial charge < -0.3 is 15.4 Å². The van der Waals surface area contributed by atoms with Gasteiger partial charge in [0.25, 0.3) is 5.91 Å². The molecule has 0 aliphatic rings. The summed E-state index contributed by atoms with van der Waals surface area (Å²) >= 11 is 7.29. The molecule has 0 fully saturated rings. The summed E-state index contributed by atoms with van der Waals surface area (Å²) in [6, 6.07) is 13.8. The lowest BCUT2D eigenvalue weighted by Crippen LogP contribution is -2.13. The maximum absolute atomic E-state index is 12.4. The number of ether oxygens (including phenoxy) is 1. The molecule has 1 amide bonds. The first-order chi connectivity index (χ1) is 14.0. The van der Waals surface area contributed by atoms with Crippen LogP contribution in [-0.2, 0) is 4.74 Å². The van der Waals surface area contributed by atoms with E-state index in [-0.39, 0.29) is 11.9 Å². The van der Waals surface area contributed by atoms with Gasteiger partial charge in [-0.2, -0.15) is 0 Å². The summed E-state index contributed by atoms with van der Waals surface area (Å²) in [6.07, 6.45) is 1.80. The minimum Gasteiger partial charge on any atom is -0.462 e. The molecule has 3 aromatic rings. The number of unbranched alkanes of at least 4 members (excludes halogenated alkanes) is 1. The van der Waals surface area contributed by atoms with Crippen LogP contribution >= 0.6 is 22.9 Å². The van der Waals surface area contributed by atoms with Gasteiger partial charge in [-0.15, -0.1) is 11.3 Å². The van der Waals surface area contributed by atoms with Crippen LogP contribution in [0.2, 0.25) is 5.02 Å². The van der Waals surface area contributed by atoms with Crippen molar-refractivity contribution < 1.29 is 14.3 Å². The second-order valence-electron chi connectivity index (χ2n) is 6.19. The molecule has 1 aromatic heterocycles. The summed E-state index contributed by atoms with van der Waals surface area (Å²) in [4.78, 5) is 28.6. The highest BCUT2D eigenvalue weighted by Crippen LogP contribution is 2.23. The van der Waals surface area contributed by atoms with Gasteiger partial charge in [0.05, 0.1) is 12.2 Å². The van der Waals surface area contributed by atoms with E-state index in [0.29, 0.717) is 33.7 Å². The summed E-state index contributed by atoms with van der Waals surface area (Å²) in [7, 11) is 0. The molecule has 0 saturated carbocycles. The SMILES string of the molecule is CCCCOC(=O)c1ccc(NC(=O)c2csc(Nc3cccc(Cl)c3)n2)cc1. The van der Waals surface area contributed by atoms with Gasteiger partial charge in [-0.1, -0.05) is 31.0 Å². The first-order valence-corrected chi connectivity index (χ1v) is 10.4. The number of carbonyl (C=O) groups is 2. The van der Waals surface area contributed by atoms with Gasteiger partial charge in [0.1, 0.15) is 5.69 Å². The molecule has 1 heterocycles. The zero-order valence-corrected chi connectivity index (χ0v) is 17.3. The molecule has 0 aliphatic carbocycles. The monoisotopic (exact) mass is 429 g/mol. The molecule has 2 N–H and O–H groups in total. The zero-order valence-electron chi connectivity index (χ0n) is 15.8. The van der Waals surface area contributed by atoms with Gasteiger partial charge in [-0.05, 0) is 48.9 Å².